The molecule has 4 atom stereocenters. The Morgan fingerprint density at radius 2 is 1.94 bits per heavy atom. The number of nitrogens with one attached hydrogen (secondary N) is 1. The number of carbonyl (C=O) groups excluding carboxylic acids is 1. The molecule has 10 heteroatoms. The van der Waals surface area contributed by atoms with Crippen molar-refractivity contribution in [3.63, 3.8) is 0 Å². The minimum atomic E-state index is -3.75. The number of aromatic nitrogens is 1. The van der Waals surface area contributed by atoms with Crippen LogP contribution in [0.3, 0.4) is 0 Å². The van der Waals surface area contributed by atoms with Crippen molar-refractivity contribution in [3.05, 3.63) is 75.5 Å². The molecule has 0 unspecified atom stereocenters. The van der Waals surface area contributed by atoms with Gasteiger partial charge in [-0.1, -0.05) is 24.3 Å². The number of hydrogen-bond donors (Lipinski definition) is 2. The van der Waals surface area contributed by atoms with Crippen LogP contribution >= 0.6 is 0 Å². The quantitative estimate of drug-likeness (QED) is 0.654. The molecule has 2 aromatic rings. The topological polar surface area (TPSA) is 109 Å². The average molecular weight is 476 g/mol. The van der Waals surface area contributed by atoms with E-state index in [0.717, 1.165) is 6.26 Å². The molecule has 176 valence electrons. The van der Waals surface area contributed by atoms with Crippen molar-refractivity contribution in [2.24, 2.45) is 11.8 Å². The minimum Gasteiger partial charge on any atom is -0.396 e. The van der Waals surface area contributed by atoms with Crippen LogP contribution in [0.25, 0.3) is 6.08 Å². The lowest BCUT2D eigenvalue weighted by Gasteiger charge is -2.36. The summed E-state index contributed by atoms with van der Waals surface area (Å²) in [7, 11) is -3.75. The fourth-order valence-electron chi connectivity index (χ4n) is 5.04. The second-order valence-electron chi connectivity index (χ2n) is 8.45. The molecule has 2 N–H and O–H groups in total. The highest BCUT2D eigenvalue weighted by Crippen LogP contribution is 2.49. The molecular formula is C23H26FN3O5S. The van der Waals surface area contributed by atoms with Gasteiger partial charge in [-0.3, -0.25) is 9.59 Å². The molecule has 3 heterocycles. The van der Waals surface area contributed by atoms with Gasteiger partial charge in [0.15, 0.2) is 0 Å². The Hall–Kier alpha value is -2.82. The van der Waals surface area contributed by atoms with Gasteiger partial charge in [0.25, 0.3) is 5.56 Å². The van der Waals surface area contributed by atoms with Crippen molar-refractivity contribution in [1.29, 1.82) is 0 Å². The number of fused-ring (bicyclic) bond motifs is 4. The van der Waals surface area contributed by atoms with Gasteiger partial charge < -0.3 is 15.0 Å². The smallest absolute Gasteiger partial charge is 0.258 e. The molecule has 0 spiro atoms. The molecule has 33 heavy (non-hydrogen) atoms. The monoisotopic (exact) mass is 475 g/mol. The first-order chi connectivity index (χ1) is 15.7. The van der Waals surface area contributed by atoms with Crippen molar-refractivity contribution in [1.82, 2.24) is 14.2 Å². The van der Waals surface area contributed by atoms with Gasteiger partial charge in [-0.25, -0.2) is 12.8 Å². The van der Waals surface area contributed by atoms with Crippen molar-refractivity contribution in [2.45, 2.75) is 32.1 Å². The Morgan fingerprint density at radius 1 is 1.24 bits per heavy atom. The highest BCUT2D eigenvalue weighted by atomic mass is 32.2. The molecule has 1 fully saturated rings. The molecule has 2 aliphatic rings. The molecule has 2 aliphatic heterocycles. The third-order valence-corrected chi connectivity index (χ3v) is 7.69. The second-order valence-corrected chi connectivity index (χ2v) is 10.3. The van der Waals surface area contributed by atoms with E-state index < -0.39 is 52.3 Å². The molecule has 4 rings (SSSR count). The zero-order valence-electron chi connectivity index (χ0n) is 18.3. The lowest BCUT2D eigenvalue weighted by Crippen LogP contribution is -2.48. The standard InChI is InChI=1S/C23H26FN3O5S/c1-3-4-15-7-10-18-21-20(22(29)25-11-14-5-8-16(24)9-6-14)17(13-28)19(12-26(18)23(15)30)27(21)33(2,31)32/h3-10,17,19-21,28H,11-13H2,1-2H3,(H,25,29)/b4-3-/t17-,19-,20+,21+/m0/s1. The van der Waals surface area contributed by atoms with E-state index in [2.05, 4.69) is 5.32 Å². The second kappa shape index (κ2) is 8.85. The Kier molecular flexibility index (Phi) is 6.26. The third kappa shape index (κ3) is 4.14. The van der Waals surface area contributed by atoms with Crippen LogP contribution in [-0.4, -0.2) is 47.2 Å². The van der Waals surface area contributed by atoms with Crippen LogP contribution in [0.1, 0.15) is 29.8 Å². The first-order valence-electron chi connectivity index (χ1n) is 10.6. The molecule has 2 bridgehead atoms. The molecule has 1 amide bonds. The number of benzene rings is 1. The van der Waals surface area contributed by atoms with Gasteiger partial charge in [0.2, 0.25) is 15.9 Å². The van der Waals surface area contributed by atoms with Gasteiger partial charge in [0, 0.05) is 42.9 Å². The lowest BCUT2D eigenvalue weighted by atomic mass is 9.86. The first-order valence-corrected chi connectivity index (χ1v) is 12.5. The number of pyridine rings is 1. The zero-order chi connectivity index (χ0) is 23.9. The molecule has 0 aliphatic carbocycles. The van der Waals surface area contributed by atoms with Crippen LogP contribution in [0, 0.1) is 17.7 Å². The van der Waals surface area contributed by atoms with Gasteiger partial charge in [0.05, 0.1) is 18.2 Å². The molecular weight excluding hydrogens is 449 g/mol. The minimum absolute atomic E-state index is 0.0517. The summed E-state index contributed by atoms with van der Waals surface area (Å²) in [6.45, 7) is 1.56. The maximum atomic E-state index is 13.3. The summed E-state index contributed by atoms with van der Waals surface area (Å²) >= 11 is 0. The number of aliphatic hydroxyl groups excluding tert-OH is 1. The molecule has 8 nitrogen and oxygen atoms in total. The van der Waals surface area contributed by atoms with E-state index in [1.54, 1.807) is 43.3 Å². The first kappa shape index (κ1) is 23.3. The summed E-state index contributed by atoms with van der Waals surface area (Å²) in [5, 5.41) is 13.0. The summed E-state index contributed by atoms with van der Waals surface area (Å²) in [6.07, 6.45) is 4.49. The fraction of sp³-hybridized carbons (Fsp3) is 0.391. The Labute approximate surface area is 191 Å². The van der Waals surface area contributed by atoms with E-state index >= 15 is 0 Å². The number of rotatable bonds is 6. The van der Waals surface area contributed by atoms with Crippen molar-refractivity contribution < 1.29 is 22.7 Å². The molecule has 1 aromatic heterocycles. The normalized spacial score (nSPS) is 24.7. The summed E-state index contributed by atoms with van der Waals surface area (Å²) < 4.78 is 41.4. The summed E-state index contributed by atoms with van der Waals surface area (Å²) in [5.41, 5.74) is 1.30. The number of sulfonamides is 1. The van der Waals surface area contributed by atoms with E-state index in [9.17, 15) is 27.5 Å². The Bertz CT molecular complexity index is 1260. The number of allylic oxidation sites excluding steroid dienone is 1. The lowest BCUT2D eigenvalue weighted by molar-refractivity contribution is -0.127. The number of halogens is 1. The van der Waals surface area contributed by atoms with Gasteiger partial charge in [-0.2, -0.15) is 4.31 Å². The van der Waals surface area contributed by atoms with Crippen molar-refractivity contribution in [2.75, 3.05) is 12.9 Å². The number of carbonyl (C=O) groups is 1. The molecule has 0 saturated carbocycles. The highest BCUT2D eigenvalue weighted by molar-refractivity contribution is 7.88. The number of amides is 1. The van der Waals surface area contributed by atoms with E-state index in [4.69, 9.17) is 0 Å². The van der Waals surface area contributed by atoms with E-state index in [-0.39, 0.29) is 18.6 Å². The average Bonchev–Trinajstić information content (AvgIpc) is 3.03. The van der Waals surface area contributed by atoms with Crippen LogP contribution in [-0.2, 0) is 27.9 Å². The Balaban J connectivity index is 1.75. The SMILES string of the molecule is C/C=C\c1ccc2n(c1=O)C[C@H]1[C@H](CO)[C@@H](C(=O)NCc3ccc(F)cc3)[C@@H]2N1S(C)(=O)=O. The number of aliphatic hydroxyl groups is 1. The largest absolute Gasteiger partial charge is 0.396 e. The number of hydrogen-bond acceptors (Lipinski definition) is 5. The van der Waals surface area contributed by atoms with Crippen LogP contribution in [0.15, 0.2) is 47.3 Å². The summed E-state index contributed by atoms with van der Waals surface area (Å²) in [4.78, 5) is 26.4. The maximum Gasteiger partial charge on any atom is 0.258 e. The predicted molar refractivity (Wildman–Crippen MR) is 121 cm³/mol. The molecule has 1 aromatic carbocycles. The molecule has 0 radical (unpaired) electrons. The predicted octanol–water partition coefficient (Wildman–Crippen LogP) is 1.26. The van der Waals surface area contributed by atoms with Crippen molar-refractivity contribution >= 4 is 22.0 Å². The van der Waals surface area contributed by atoms with E-state index in [1.807, 2.05) is 0 Å². The van der Waals surface area contributed by atoms with Gasteiger partial charge in [-0.15, -0.1) is 0 Å². The highest BCUT2D eigenvalue weighted by Gasteiger charge is 2.58. The van der Waals surface area contributed by atoms with Crippen LogP contribution in [0.4, 0.5) is 4.39 Å². The summed E-state index contributed by atoms with van der Waals surface area (Å²) in [6, 6.07) is 7.32. The van der Waals surface area contributed by atoms with Crippen molar-refractivity contribution in [3.8, 4) is 0 Å². The van der Waals surface area contributed by atoms with Crippen LogP contribution in [0.5, 0.6) is 0 Å². The van der Waals surface area contributed by atoms with Crippen LogP contribution < -0.4 is 10.9 Å². The molecule has 1 saturated heterocycles. The van der Waals surface area contributed by atoms with Gasteiger partial charge >= 0.3 is 0 Å². The zero-order valence-corrected chi connectivity index (χ0v) is 19.1. The fourth-order valence-corrected chi connectivity index (χ4v) is 6.41. The summed E-state index contributed by atoms with van der Waals surface area (Å²) in [5.74, 6) is -2.41. The third-order valence-electron chi connectivity index (χ3n) is 6.43. The Morgan fingerprint density at radius 3 is 2.55 bits per heavy atom. The van der Waals surface area contributed by atoms with Crippen LogP contribution in [0.2, 0.25) is 0 Å². The van der Waals surface area contributed by atoms with E-state index in [1.165, 1.54) is 21.0 Å². The van der Waals surface area contributed by atoms with Gasteiger partial charge in [-0.05, 0) is 36.8 Å². The maximum absolute atomic E-state index is 13.3. The number of nitrogens with zero attached hydrogens (tertiary/aromatic N) is 2. The van der Waals surface area contributed by atoms with E-state index in [0.29, 0.717) is 16.8 Å². The van der Waals surface area contributed by atoms with Gasteiger partial charge in [0.1, 0.15) is 5.82 Å².